The van der Waals surface area contributed by atoms with Crippen LogP contribution >= 0.6 is 0 Å². The fraction of sp³-hybridized carbons (Fsp3) is 0.357. The number of nitrogens with zero attached hydrogens (tertiary/aromatic N) is 2. The summed E-state index contributed by atoms with van der Waals surface area (Å²) in [7, 11) is 1.88. The van der Waals surface area contributed by atoms with E-state index < -0.39 is 0 Å². The van der Waals surface area contributed by atoms with Crippen LogP contribution in [0.15, 0.2) is 36.5 Å². The minimum atomic E-state index is -0.142. The van der Waals surface area contributed by atoms with E-state index in [4.69, 9.17) is 10.6 Å². The van der Waals surface area contributed by atoms with Crippen LogP contribution in [0.25, 0.3) is 0 Å². The highest BCUT2D eigenvalue weighted by Crippen LogP contribution is 2.24. The first-order chi connectivity index (χ1) is 9.10. The maximum Gasteiger partial charge on any atom is 0.120 e. The molecule has 5 nitrogen and oxygen atoms in total. The van der Waals surface area contributed by atoms with Crippen LogP contribution in [-0.4, -0.2) is 15.9 Å². The van der Waals surface area contributed by atoms with Crippen LogP contribution < -0.4 is 16.0 Å². The van der Waals surface area contributed by atoms with Gasteiger partial charge in [0.2, 0.25) is 0 Å². The standard InChI is InChI=1S/C14H20N4O/c1-10(2)19-12-6-4-5-11(9-12)14(16-15)13-7-8-18(3)17-13/h4-10,14,16H,15H2,1-3H3. The second-order valence-corrected chi connectivity index (χ2v) is 4.75. The summed E-state index contributed by atoms with van der Waals surface area (Å²) in [5.74, 6) is 6.49. The molecular formula is C14H20N4O. The summed E-state index contributed by atoms with van der Waals surface area (Å²) in [6.07, 6.45) is 2.04. The van der Waals surface area contributed by atoms with Crippen molar-refractivity contribution in [2.45, 2.75) is 26.0 Å². The maximum absolute atomic E-state index is 5.70. The van der Waals surface area contributed by atoms with E-state index in [1.807, 2.05) is 57.4 Å². The Hall–Kier alpha value is -1.85. The maximum atomic E-state index is 5.70. The lowest BCUT2D eigenvalue weighted by molar-refractivity contribution is 0.242. The van der Waals surface area contributed by atoms with Crippen molar-refractivity contribution in [1.82, 2.24) is 15.2 Å². The van der Waals surface area contributed by atoms with Crippen molar-refractivity contribution >= 4 is 0 Å². The Balaban J connectivity index is 2.28. The molecule has 0 aliphatic rings. The molecule has 1 unspecified atom stereocenters. The number of hydrogen-bond donors (Lipinski definition) is 2. The van der Waals surface area contributed by atoms with Crippen molar-refractivity contribution in [3.8, 4) is 5.75 Å². The molecule has 0 fully saturated rings. The van der Waals surface area contributed by atoms with Gasteiger partial charge in [0.15, 0.2) is 0 Å². The average molecular weight is 260 g/mol. The predicted octanol–water partition coefficient (Wildman–Crippen LogP) is 1.76. The summed E-state index contributed by atoms with van der Waals surface area (Å²) >= 11 is 0. The van der Waals surface area contributed by atoms with Crippen LogP contribution in [-0.2, 0) is 7.05 Å². The Bertz CT molecular complexity index is 536. The topological polar surface area (TPSA) is 65.1 Å². The molecule has 102 valence electrons. The number of nitrogens with two attached hydrogens (primary N) is 1. The lowest BCUT2D eigenvalue weighted by atomic mass is 10.0. The first-order valence-electron chi connectivity index (χ1n) is 6.32. The van der Waals surface area contributed by atoms with Crippen molar-refractivity contribution < 1.29 is 4.74 Å². The van der Waals surface area contributed by atoms with E-state index >= 15 is 0 Å². The van der Waals surface area contributed by atoms with Crippen LogP contribution in [0.5, 0.6) is 5.75 Å². The van der Waals surface area contributed by atoms with E-state index in [-0.39, 0.29) is 12.1 Å². The van der Waals surface area contributed by atoms with Gasteiger partial charge in [-0.3, -0.25) is 10.5 Å². The molecule has 0 aliphatic carbocycles. The average Bonchev–Trinajstić information content (AvgIpc) is 2.76. The first kappa shape index (κ1) is 13.6. The Kier molecular flexibility index (Phi) is 4.19. The molecule has 19 heavy (non-hydrogen) atoms. The van der Waals surface area contributed by atoms with E-state index in [0.29, 0.717) is 0 Å². The third-order valence-corrected chi connectivity index (χ3v) is 2.76. The largest absolute Gasteiger partial charge is 0.491 e. The second-order valence-electron chi connectivity index (χ2n) is 4.75. The van der Waals surface area contributed by atoms with E-state index in [1.165, 1.54) is 0 Å². The number of benzene rings is 1. The molecule has 1 aromatic heterocycles. The minimum Gasteiger partial charge on any atom is -0.491 e. The molecule has 1 aromatic carbocycles. The van der Waals surface area contributed by atoms with Crippen molar-refractivity contribution in [2.24, 2.45) is 12.9 Å². The Labute approximate surface area is 113 Å². The summed E-state index contributed by atoms with van der Waals surface area (Å²) in [6.45, 7) is 4.01. The van der Waals surface area contributed by atoms with E-state index in [0.717, 1.165) is 17.0 Å². The van der Waals surface area contributed by atoms with Crippen molar-refractivity contribution in [3.63, 3.8) is 0 Å². The number of hydrogen-bond acceptors (Lipinski definition) is 4. The lowest BCUT2D eigenvalue weighted by Gasteiger charge is -2.16. The van der Waals surface area contributed by atoms with Gasteiger partial charge in [0.05, 0.1) is 17.8 Å². The van der Waals surface area contributed by atoms with Gasteiger partial charge in [-0.25, -0.2) is 5.43 Å². The fourth-order valence-electron chi connectivity index (χ4n) is 1.98. The smallest absolute Gasteiger partial charge is 0.120 e. The number of hydrazine groups is 1. The molecule has 1 heterocycles. The number of rotatable bonds is 5. The highest BCUT2D eigenvalue weighted by atomic mass is 16.5. The number of ether oxygens (including phenoxy) is 1. The number of aromatic nitrogens is 2. The van der Waals surface area contributed by atoms with E-state index in [2.05, 4.69) is 10.5 Å². The summed E-state index contributed by atoms with van der Waals surface area (Å²) in [4.78, 5) is 0. The molecule has 0 amide bonds. The zero-order valence-corrected chi connectivity index (χ0v) is 11.5. The quantitative estimate of drug-likeness (QED) is 0.635. The van der Waals surface area contributed by atoms with Crippen LogP contribution in [0.2, 0.25) is 0 Å². The monoisotopic (exact) mass is 260 g/mol. The zero-order valence-electron chi connectivity index (χ0n) is 11.5. The molecule has 1 atom stereocenters. The third kappa shape index (κ3) is 3.33. The molecule has 0 bridgehead atoms. The highest BCUT2D eigenvalue weighted by molar-refractivity contribution is 5.34. The van der Waals surface area contributed by atoms with Gasteiger partial charge in [-0.05, 0) is 37.6 Å². The van der Waals surface area contributed by atoms with Crippen molar-refractivity contribution in [1.29, 1.82) is 0 Å². The Morgan fingerprint density at radius 1 is 1.32 bits per heavy atom. The second kappa shape index (κ2) is 5.86. The molecule has 0 saturated carbocycles. The molecule has 2 aromatic rings. The fourth-order valence-corrected chi connectivity index (χ4v) is 1.98. The van der Waals surface area contributed by atoms with Gasteiger partial charge in [-0.1, -0.05) is 12.1 Å². The van der Waals surface area contributed by atoms with Gasteiger partial charge >= 0.3 is 0 Å². The summed E-state index contributed by atoms with van der Waals surface area (Å²) < 4.78 is 7.45. The minimum absolute atomic E-state index is 0.142. The van der Waals surface area contributed by atoms with Gasteiger partial charge in [0.1, 0.15) is 5.75 Å². The molecule has 5 heteroatoms. The summed E-state index contributed by atoms with van der Waals surface area (Å²) in [5, 5.41) is 4.38. The molecule has 3 N–H and O–H groups in total. The first-order valence-corrected chi connectivity index (χ1v) is 6.32. The third-order valence-electron chi connectivity index (χ3n) is 2.76. The SMILES string of the molecule is CC(C)Oc1cccc(C(NN)c2ccn(C)n2)c1. The number of nitrogens with one attached hydrogen (secondary N) is 1. The lowest BCUT2D eigenvalue weighted by Crippen LogP contribution is -2.29. The van der Waals surface area contributed by atoms with Gasteiger partial charge in [0, 0.05) is 13.2 Å². The van der Waals surface area contributed by atoms with Gasteiger partial charge in [0.25, 0.3) is 0 Å². The van der Waals surface area contributed by atoms with E-state index in [9.17, 15) is 0 Å². The molecule has 0 saturated heterocycles. The van der Waals surface area contributed by atoms with Crippen molar-refractivity contribution in [3.05, 3.63) is 47.8 Å². The van der Waals surface area contributed by atoms with Crippen LogP contribution in [0.1, 0.15) is 31.1 Å². The van der Waals surface area contributed by atoms with Gasteiger partial charge in [-0.15, -0.1) is 0 Å². The van der Waals surface area contributed by atoms with Crippen molar-refractivity contribution in [2.75, 3.05) is 0 Å². The van der Waals surface area contributed by atoms with E-state index in [1.54, 1.807) is 4.68 Å². The van der Waals surface area contributed by atoms with Crippen LogP contribution in [0, 0.1) is 0 Å². The van der Waals surface area contributed by atoms with Gasteiger partial charge < -0.3 is 4.74 Å². The molecular weight excluding hydrogens is 240 g/mol. The molecule has 0 radical (unpaired) electrons. The predicted molar refractivity (Wildman–Crippen MR) is 74.6 cm³/mol. The molecule has 2 rings (SSSR count). The number of aryl methyl sites for hydroxylation is 1. The summed E-state index contributed by atoms with van der Waals surface area (Å²) in [5.41, 5.74) is 4.71. The highest BCUT2D eigenvalue weighted by Gasteiger charge is 2.15. The molecule has 0 aliphatic heterocycles. The summed E-state index contributed by atoms with van der Waals surface area (Å²) in [6, 6.07) is 9.69. The van der Waals surface area contributed by atoms with Crippen LogP contribution in [0.4, 0.5) is 0 Å². The Morgan fingerprint density at radius 3 is 2.68 bits per heavy atom. The van der Waals surface area contributed by atoms with Crippen LogP contribution in [0.3, 0.4) is 0 Å². The zero-order chi connectivity index (χ0) is 13.8. The van der Waals surface area contributed by atoms with Gasteiger partial charge in [-0.2, -0.15) is 5.10 Å². The Morgan fingerprint density at radius 2 is 2.11 bits per heavy atom. The molecule has 0 spiro atoms. The normalized spacial score (nSPS) is 12.7.